The first kappa shape index (κ1) is 15.7. The van der Waals surface area contributed by atoms with Gasteiger partial charge in [0.05, 0.1) is 10.9 Å². The lowest BCUT2D eigenvalue weighted by atomic mass is 10.2. The fourth-order valence-corrected chi connectivity index (χ4v) is 3.62. The van der Waals surface area contributed by atoms with Crippen LogP contribution in [0.3, 0.4) is 0 Å². The van der Waals surface area contributed by atoms with Crippen molar-refractivity contribution in [3.63, 3.8) is 0 Å². The molecule has 1 atom stereocenters. The lowest BCUT2D eigenvalue weighted by Gasteiger charge is -2.14. The number of benzene rings is 1. The summed E-state index contributed by atoms with van der Waals surface area (Å²) in [4.78, 5) is 0.102. The number of furan rings is 1. The van der Waals surface area contributed by atoms with Crippen molar-refractivity contribution in [2.24, 2.45) is 5.73 Å². The molecule has 0 aliphatic carbocycles. The van der Waals surface area contributed by atoms with Crippen molar-refractivity contribution in [3.05, 3.63) is 53.5 Å². The largest absolute Gasteiger partial charge is 0.465 e. The Morgan fingerprint density at radius 3 is 2.52 bits per heavy atom. The highest BCUT2D eigenvalue weighted by Crippen LogP contribution is 2.21. The van der Waals surface area contributed by atoms with Gasteiger partial charge in [-0.05, 0) is 32.0 Å². The Kier molecular flexibility index (Phi) is 4.46. The summed E-state index contributed by atoms with van der Waals surface area (Å²) >= 11 is 4.90. The van der Waals surface area contributed by atoms with Crippen molar-refractivity contribution in [2.45, 2.75) is 24.8 Å². The maximum absolute atomic E-state index is 12.5. The van der Waals surface area contributed by atoms with Crippen LogP contribution in [0.5, 0.6) is 0 Å². The van der Waals surface area contributed by atoms with Crippen LogP contribution in [0.4, 0.5) is 0 Å². The van der Waals surface area contributed by atoms with Gasteiger partial charge in [0, 0.05) is 5.56 Å². The lowest BCUT2D eigenvalue weighted by Crippen LogP contribution is -2.28. The number of aryl methyl sites for hydroxylation is 1. The highest BCUT2D eigenvalue weighted by atomic mass is 32.2. The Bertz CT molecular complexity index is 766. The molecular formula is C14H16N2O3S2. The van der Waals surface area contributed by atoms with E-state index in [0.29, 0.717) is 11.3 Å². The van der Waals surface area contributed by atoms with Crippen molar-refractivity contribution in [3.8, 4) is 0 Å². The maximum atomic E-state index is 12.5. The summed E-state index contributed by atoms with van der Waals surface area (Å²) < 4.78 is 32.9. The predicted octanol–water partition coefficient (Wildman–Crippen LogP) is 2.26. The number of hydrogen-bond donors (Lipinski definition) is 2. The number of sulfonamides is 1. The molecule has 1 aromatic heterocycles. The van der Waals surface area contributed by atoms with Gasteiger partial charge < -0.3 is 10.2 Å². The van der Waals surface area contributed by atoms with E-state index in [4.69, 9.17) is 22.4 Å². The van der Waals surface area contributed by atoms with E-state index in [2.05, 4.69) is 4.72 Å². The molecule has 0 saturated heterocycles. The van der Waals surface area contributed by atoms with Crippen LogP contribution in [0, 0.1) is 6.92 Å². The van der Waals surface area contributed by atoms with Gasteiger partial charge in [0.25, 0.3) is 0 Å². The van der Waals surface area contributed by atoms with Crippen molar-refractivity contribution < 1.29 is 12.8 Å². The molecular weight excluding hydrogens is 308 g/mol. The molecule has 0 radical (unpaired) electrons. The smallest absolute Gasteiger partial charge is 0.241 e. The number of nitrogens with one attached hydrogen (secondary N) is 1. The molecule has 0 spiro atoms. The van der Waals surface area contributed by atoms with E-state index in [1.165, 1.54) is 6.07 Å². The first-order valence-corrected chi connectivity index (χ1v) is 8.18. The molecule has 21 heavy (non-hydrogen) atoms. The Labute approximate surface area is 129 Å². The van der Waals surface area contributed by atoms with Gasteiger partial charge >= 0.3 is 0 Å². The molecule has 1 aromatic carbocycles. The molecule has 3 N–H and O–H groups in total. The van der Waals surface area contributed by atoms with Crippen LogP contribution in [-0.4, -0.2) is 13.4 Å². The molecule has 5 nitrogen and oxygen atoms in total. The molecule has 0 saturated carbocycles. The first-order valence-electron chi connectivity index (χ1n) is 6.29. The summed E-state index contributed by atoms with van der Waals surface area (Å²) in [5.41, 5.74) is 5.90. The fraction of sp³-hybridized carbons (Fsp3) is 0.214. The van der Waals surface area contributed by atoms with E-state index < -0.39 is 16.1 Å². The molecule has 2 rings (SSSR count). The van der Waals surface area contributed by atoms with E-state index in [9.17, 15) is 8.42 Å². The Balaban J connectivity index is 2.33. The van der Waals surface area contributed by atoms with Crippen LogP contribution >= 0.6 is 12.2 Å². The molecule has 1 unspecified atom stereocenters. The Morgan fingerprint density at radius 1 is 1.29 bits per heavy atom. The van der Waals surface area contributed by atoms with Gasteiger partial charge in [-0.15, -0.1) is 0 Å². The van der Waals surface area contributed by atoms with E-state index in [1.807, 2.05) is 0 Å². The standard InChI is InChI=1S/C14H16N2O3S2/c1-9-7-8-12(19-9)10(2)16-21(17,18)13-6-4-3-5-11(13)14(15)20/h3-8,10,16H,1-2H3,(H2,15,20). The molecule has 2 aromatic rings. The van der Waals surface area contributed by atoms with Gasteiger partial charge in [-0.25, -0.2) is 13.1 Å². The van der Waals surface area contributed by atoms with Crippen LogP contribution in [0.2, 0.25) is 0 Å². The summed E-state index contributed by atoms with van der Waals surface area (Å²) in [6, 6.07) is 9.38. The Hall–Kier alpha value is -1.70. The monoisotopic (exact) mass is 324 g/mol. The SMILES string of the molecule is Cc1ccc(C(C)NS(=O)(=O)c2ccccc2C(N)=S)o1. The van der Waals surface area contributed by atoms with Crippen LogP contribution in [0.25, 0.3) is 0 Å². The fourth-order valence-electron chi connectivity index (χ4n) is 1.94. The molecule has 1 heterocycles. The average molecular weight is 324 g/mol. The van der Waals surface area contributed by atoms with Gasteiger partial charge in [-0.2, -0.15) is 0 Å². The van der Waals surface area contributed by atoms with E-state index >= 15 is 0 Å². The zero-order valence-electron chi connectivity index (χ0n) is 11.7. The number of hydrogen-bond acceptors (Lipinski definition) is 4. The van der Waals surface area contributed by atoms with E-state index in [0.717, 1.165) is 5.76 Å². The minimum atomic E-state index is -3.75. The van der Waals surface area contributed by atoms with Crippen LogP contribution in [0.1, 0.15) is 30.0 Å². The second-order valence-electron chi connectivity index (χ2n) is 4.65. The lowest BCUT2D eigenvalue weighted by molar-refractivity contribution is 0.441. The van der Waals surface area contributed by atoms with Gasteiger partial charge in [0.1, 0.15) is 16.5 Å². The zero-order valence-corrected chi connectivity index (χ0v) is 13.3. The molecule has 112 valence electrons. The molecule has 7 heteroatoms. The number of rotatable bonds is 5. The highest BCUT2D eigenvalue weighted by molar-refractivity contribution is 7.89. The first-order chi connectivity index (χ1) is 9.81. The van der Waals surface area contributed by atoms with Crippen LogP contribution in [0.15, 0.2) is 45.7 Å². The second kappa shape index (κ2) is 5.97. The highest BCUT2D eigenvalue weighted by Gasteiger charge is 2.23. The van der Waals surface area contributed by atoms with E-state index in [-0.39, 0.29) is 9.88 Å². The molecule has 0 amide bonds. The van der Waals surface area contributed by atoms with Gasteiger partial charge in [-0.1, -0.05) is 30.4 Å². The van der Waals surface area contributed by atoms with Gasteiger partial charge in [0.2, 0.25) is 10.0 Å². The van der Waals surface area contributed by atoms with Crippen molar-refractivity contribution in [2.75, 3.05) is 0 Å². The van der Waals surface area contributed by atoms with Gasteiger partial charge in [0.15, 0.2) is 0 Å². The quantitative estimate of drug-likeness (QED) is 0.824. The molecule has 0 aliphatic heterocycles. The van der Waals surface area contributed by atoms with Crippen molar-refractivity contribution in [1.29, 1.82) is 0 Å². The average Bonchev–Trinajstić information content (AvgIpc) is 2.85. The third-order valence-electron chi connectivity index (χ3n) is 2.96. The summed E-state index contributed by atoms with van der Waals surface area (Å²) in [5, 5.41) is 0. The molecule has 0 aliphatic rings. The summed E-state index contributed by atoms with van der Waals surface area (Å²) in [6.45, 7) is 3.51. The third kappa shape index (κ3) is 3.49. The Morgan fingerprint density at radius 2 is 1.95 bits per heavy atom. The van der Waals surface area contributed by atoms with Crippen molar-refractivity contribution in [1.82, 2.24) is 4.72 Å². The predicted molar refractivity (Wildman–Crippen MR) is 84.5 cm³/mol. The normalized spacial score (nSPS) is 13.0. The second-order valence-corrected chi connectivity index (χ2v) is 6.77. The van der Waals surface area contributed by atoms with Crippen LogP contribution < -0.4 is 10.5 Å². The summed E-state index contributed by atoms with van der Waals surface area (Å²) in [7, 11) is -3.75. The third-order valence-corrected chi connectivity index (χ3v) is 4.78. The van der Waals surface area contributed by atoms with Crippen molar-refractivity contribution >= 4 is 27.2 Å². The molecule has 0 bridgehead atoms. The maximum Gasteiger partial charge on any atom is 0.241 e. The van der Waals surface area contributed by atoms with E-state index in [1.54, 1.807) is 44.2 Å². The summed E-state index contributed by atoms with van der Waals surface area (Å²) in [5.74, 6) is 1.27. The topological polar surface area (TPSA) is 85.3 Å². The minimum absolute atomic E-state index is 0.0393. The molecule has 0 fully saturated rings. The summed E-state index contributed by atoms with van der Waals surface area (Å²) in [6.07, 6.45) is 0. The van der Waals surface area contributed by atoms with Crippen LogP contribution in [-0.2, 0) is 10.0 Å². The minimum Gasteiger partial charge on any atom is -0.465 e. The number of nitrogens with two attached hydrogens (primary N) is 1. The number of thiocarbonyl (C=S) groups is 1. The zero-order chi connectivity index (χ0) is 15.6. The van der Waals surface area contributed by atoms with Gasteiger partial charge in [-0.3, -0.25) is 0 Å².